The molecular weight excluding hydrogens is 139 g/mol. The summed E-state index contributed by atoms with van der Waals surface area (Å²) in [4.78, 5) is 0. The maximum Gasteiger partial charge on any atom is 0.488 e. The van der Waals surface area contributed by atoms with Gasteiger partial charge in [-0.1, -0.05) is 31.1 Å². The van der Waals surface area contributed by atoms with E-state index in [1.54, 1.807) is 0 Å². The second kappa shape index (κ2) is 3.55. The first-order chi connectivity index (χ1) is 7.16. The zero-order valence-electron chi connectivity index (χ0n) is 10.8. The molecule has 3 heteroatoms. The maximum atomic E-state index is 8.83. The summed E-state index contributed by atoms with van der Waals surface area (Å²) in [6, 6.07) is 5.04. The van der Waals surface area contributed by atoms with E-state index in [1.807, 2.05) is 0 Å². The van der Waals surface area contributed by atoms with E-state index in [0.717, 1.165) is 0 Å². The molecule has 0 aromatic heterocycles. The molecule has 0 saturated carbocycles. The number of aryl methyl sites for hydroxylation is 1. The Labute approximate surface area is 73.7 Å². The van der Waals surface area contributed by atoms with Gasteiger partial charge in [-0.15, -0.1) is 0 Å². The maximum absolute atomic E-state index is 8.83. The largest absolute Gasteiger partial charge is 0.488 e. The average molecular weight is 155 g/mol. The Hall–Kier alpha value is -0.795. The Balaban J connectivity index is 3.07. The summed E-state index contributed by atoms with van der Waals surface area (Å²) in [5.74, 6) is 0. The zero-order chi connectivity index (χ0) is 12.6. The normalized spacial score (nSPS) is 18.9. The van der Waals surface area contributed by atoms with E-state index in [4.69, 9.17) is 16.9 Å². The summed E-state index contributed by atoms with van der Waals surface area (Å²) in [6.07, 6.45) is -2.45. The Bertz CT molecular complexity index is 360. The molecule has 0 heterocycles. The highest BCUT2D eigenvalue weighted by atomic mass is 16.4. The second-order valence-corrected chi connectivity index (χ2v) is 2.12. The van der Waals surface area contributed by atoms with Crippen molar-refractivity contribution in [2.45, 2.75) is 13.2 Å². The fraction of sp³-hybridized carbons (Fsp3) is 0.250. The van der Waals surface area contributed by atoms with Crippen LogP contribution in [0.15, 0.2) is 24.3 Å². The first-order valence-electron chi connectivity index (χ1n) is 5.63. The summed E-state index contributed by atoms with van der Waals surface area (Å²) in [7, 11) is -1.65. The van der Waals surface area contributed by atoms with Crippen molar-refractivity contribution < 1.29 is 16.9 Å². The SMILES string of the molecule is [2H]C([2H])([2H])C([2H])([2H])c1ccc(B(O)O)cc1. The minimum atomic E-state index is -2.76. The van der Waals surface area contributed by atoms with Crippen LogP contribution in [0.25, 0.3) is 0 Å². The monoisotopic (exact) mass is 155 g/mol. The lowest BCUT2D eigenvalue weighted by molar-refractivity contribution is 0.426. The smallest absolute Gasteiger partial charge is 0.423 e. The van der Waals surface area contributed by atoms with E-state index in [-0.39, 0.29) is 11.0 Å². The highest BCUT2D eigenvalue weighted by Crippen LogP contribution is 1.96. The van der Waals surface area contributed by atoms with Crippen LogP contribution in [0.3, 0.4) is 0 Å². The Morgan fingerprint density at radius 1 is 1.45 bits per heavy atom. The van der Waals surface area contributed by atoms with E-state index in [2.05, 4.69) is 0 Å². The van der Waals surface area contributed by atoms with Crippen molar-refractivity contribution in [1.29, 1.82) is 0 Å². The third kappa shape index (κ3) is 2.07. The van der Waals surface area contributed by atoms with Gasteiger partial charge in [0.15, 0.2) is 0 Å². The first-order valence-corrected chi connectivity index (χ1v) is 3.13. The molecule has 0 atom stereocenters. The standard InChI is InChI=1S/C8H11BO2/c1-2-7-3-5-8(6-4-7)9(10)11/h3-6,10-11H,2H2,1H3/i1D3,2D2. The van der Waals surface area contributed by atoms with Crippen LogP contribution < -0.4 is 5.46 Å². The topological polar surface area (TPSA) is 40.5 Å². The van der Waals surface area contributed by atoms with Crippen LogP contribution in [0.2, 0.25) is 0 Å². The molecule has 0 amide bonds. The molecule has 0 aliphatic rings. The van der Waals surface area contributed by atoms with Gasteiger partial charge in [0.2, 0.25) is 0 Å². The van der Waals surface area contributed by atoms with Gasteiger partial charge in [-0.25, -0.2) is 0 Å². The molecule has 1 aromatic carbocycles. The Kier molecular flexibility index (Phi) is 1.21. The van der Waals surface area contributed by atoms with E-state index in [1.165, 1.54) is 24.3 Å². The first kappa shape index (κ1) is 3.74. The van der Waals surface area contributed by atoms with Crippen LogP contribution in [0.1, 0.15) is 19.3 Å². The van der Waals surface area contributed by atoms with Crippen LogP contribution in [-0.2, 0) is 6.37 Å². The molecule has 0 spiro atoms. The molecular formula is C8H11BO2. The van der Waals surface area contributed by atoms with Crippen LogP contribution in [0.5, 0.6) is 0 Å². The number of rotatable bonds is 2. The van der Waals surface area contributed by atoms with E-state index in [9.17, 15) is 0 Å². The molecule has 2 N–H and O–H groups in total. The van der Waals surface area contributed by atoms with Crippen molar-refractivity contribution in [3.63, 3.8) is 0 Å². The molecule has 0 aliphatic heterocycles. The van der Waals surface area contributed by atoms with Gasteiger partial charge >= 0.3 is 7.12 Å². The average Bonchev–Trinajstić information content (AvgIpc) is 2.16. The third-order valence-electron chi connectivity index (χ3n) is 1.35. The Morgan fingerprint density at radius 2 is 2.09 bits per heavy atom. The van der Waals surface area contributed by atoms with Crippen LogP contribution >= 0.6 is 0 Å². The van der Waals surface area contributed by atoms with Crippen molar-refractivity contribution in [1.82, 2.24) is 0 Å². The highest BCUT2D eigenvalue weighted by Gasteiger charge is 2.08. The summed E-state index contributed by atoms with van der Waals surface area (Å²) in [6.45, 7) is -2.76. The molecule has 1 rings (SSSR count). The molecule has 0 aliphatic carbocycles. The molecule has 0 radical (unpaired) electrons. The molecule has 58 valence electrons. The van der Waals surface area contributed by atoms with Gasteiger partial charge in [-0.3, -0.25) is 0 Å². The van der Waals surface area contributed by atoms with E-state index in [0.29, 0.717) is 0 Å². The van der Waals surface area contributed by atoms with Crippen LogP contribution in [0, 0.1) is 0 Å². The quantitative estimate of drug-likeness (QED) is 0.587. The van der Waals surface area contributed by atoms with Gasteiger partial charge in [0.1, 0.15) is 0 Å². The van der Waals surface area contributed by atoms with Gasteiger partial charge in [0, 0.05) is 6.85 Å². The van der Waals surface area contributed by atoms with Crippen molar-refractivity contribution in [2.24, 2.45) is 0 Å². The summed E-state index contributed by atoms with van der Waals surface area (Å²) >= 11 is 0. The molecule has 0 saturated heterocycles. The minimum Gasteiger partial charge on any atom is -0.423 e. The van der Waals surface area contributed by atoms with Crippen LogP contribution in [0.4, 0.5) is 0 Å². The molecule has 0 unspecified atom stereocenters. The molecule has 2 nitrogen and oxygen atoms in total. The van der Waals surface area contributed by atoms with E-state index >= 15 is 0 Å². The molecule has 11 heavy (non-hydrogen) atoms. The van der Waals surface area contributed by atoms with Crippen molar-refractivity contribution >= 4 is 12.6 Å². The molecule has 1 aromatic rings. The molecule has 0 fully saturated rings. The van der Waals surface area contributed by atoms with Gasteiger partial charge < -0.3 is 10.0 Å². The predicted molar refractivity (Wildman–Crippen MR) is 45.6 cm³/mol. The van der Waals surface area contributed by atoms with Gasteiger partial charge in [-0.05, 0) is 17.4 Å². The fourth-order valence-electron chi connectivity index (χ4n) is 0.739. The summed E-state index contributed by atoms with van der Waals surface area (Å²) in [5, 5.41) is 17.7. The van der Waals surface area contributed by atoms with Gasteiger partial charge in [0.25, 0.3) is 0 Å². The molecule has 0 bridgehead atoms. The van der Waals surface area contributed by atoms with Crippen molar-refractivity contribution in [2.75, 3.05) is 0 Å². The highest BCUT2D eigenvalue weighted by molar-refractivity contribution is 6.58. The summed E-state index contributed by atoms with van der Waals surface area (Å²) < 4.78 is 36.2. The minimum absolute atomic E-state index is 0.0168. The summed E-state index contributed by atoms with van der Waals surface area (Å²) in [5.41, 5.74) is 0.169. The van der Waals surface area contributed by atoms with Gasteiger partial charge in [0.05, 0.1) is 0 Å². The van der Waals surface area contributed by atoms with Crippen molar-refractivity contribution in [3.05, 3.63) is 29.8 Å². The predicted octanol–water partition coefficient (Wildman–Crippen LogP) is -0.0712. The third-order valence-corrected chi connectivity index (χ3v) is 1.35. The lowest BCUT2D eigenvalue weighted by atomic mass is 9.80. The second-order valence-electron chi connectivity index (χ2n) is 2.12. The lowest BCUT2D eigenvalue weighted by Gasteiger charge is -1.99. The number of hydrogen-bond donors (Lipinski definition) is 2. The van der Waals surface area contributed by atoms with Crippen LogP contribution in [-0.4, -0.2) is 17.2 Å². The lowest BCUT2D eigenvalue weighted by Crippen LogP contribution is -2.29. The Morgan fingerprint density at radius 3 is 2.55 bits per heavy atom. The fourth-order valence-corrected chi connectivity index (χ4v) is 0.739. The van der Waals surface area contributed by atoms with Crippen molar-refractivity contribution in [3.8, 4) is 0 Å². The number of benzene rings is 1. The van der Waals surface area contributed by atoms with E-state index < -0.39 is 20.3 Å². The number of hydrogen-bond acceptors (Lipinski definition) is 2. The zero-order valence-corrected chi connectivity index (χ0v) is 5.78. The van der Waals surface area contributed by atoms with Gasteiger partial charge in [-0.2, -0.15) is 0 Å².